The Morgan fingerprint density at radius 2 is 1.68 bits per heavy atom. The van der Waals surface area contributed by atoms with Crippen LogP contribution in [0.1, 0.15) is 31.2 Å². The second-order valence-electron chi connectivity index (χ2n) is 7.66. The molecule has 2 aliphatic heterocycles. The molecule has 2 aromatic carbocycles. The van der Waals surface area contributed by atoms with Crippen LogP contribution in [0.3, 0.4) is 0 Å². The highest BCUT2D eigenvalue weighted by molar-refractivity contribution is 7.89. The predicted octanol–water partition coefficient (Wildman–Crippen LogP) is 3.86. The van der Waals surface area contributed by atoms with Gasteiger partial charge >= 0.3 is 0 Å². The molecule has 0 bridgehead atoms. The summed E-state index contributed by atoms with van der Waals surface area (Å²) in [6.07, 6.45) is 3.87. The van der Waals surface area contributed by atoms with Gasteiger partial charge in [0.15, 0.2) is 11.5 Å². The summed E-state index contributed by atoms with van der Waals surface area (Å²) in [6, 6.07) is 9.78. The molecule has 0 aliphatic carbocycles. The number of halogens is 1. The summed E-state index contributed by atoms with van der Waals surface area (Å²) in [6.45, 7) is 1.99. The number of carbonyl (C=O) groups excluding carboxylic acids is 1. The molecular weight excluding hydrogens is 440 g/mol. The lowest BCUT2D eigenvalue weighted by molar-refractivity contribution is -0.115. The van der Waals surface area contributed by atoms with Crippen molar-refractivity contribution in [2.45, 2.75) is 37.0 Å². The van der Waals surface area contributed by atoms with E-state index in [0.29, 0.717) is 37.8 Å². The third-order valence-corrected chi connectivity index (χ3v) is 7.61. The number of hydrogen-bond acceptors (Lipinski definition) is 5. The van der Waals surface area contributed by atoms with Crippen LogP contribution < -0.4 is 14.8 Å². The fraction of sp³-hybridized carbons (Fsp3) is 0.409. The summed E-state index contributed by atoms with van der Waals surface area (Å²) < 4.78 is 38.7. The molecule has 2 aromatic rings. The number of carbonyl (C=O) groups is 1. The van der Waals surface area contributed by atoms with Crippen molar-refractivity contribution in [3.8, 4) is 11.5 Å². The zero-order chi connectivity index (χ0) is 21.8. The fourth-order valence-corrected chi connectivity index (χ4v) is 5.48. The van der Waals surface area contributed by atoms with Crippen LogP contribution in [-0.4, -0.2) is 44.9 Å². The first-order valence-corrected chi connectivity index (χ1v) is 12.2. The number of rotatable bonds is 5. The smallest absolute Gasteiger partial charge is 0.243 e. The summed E-state index contributed by atoms with van der Waals surface area (Å²) >= 11 is 6.24. The van der Waals surface area contributed by atoms with Gasteiger partial charge < -0.3 is 14.8 Å². The minimum absolute atomic E-state index is 0.0933. The molecule has 2 heterocycles. The highest BCUT2D eigenvalue weighted by atomic mass is 35.5. The standard InChI is InChI=1S/C22H25ClN2O5S/c23-18-7-6-17(31(27,28)25-9-3-1-2-4-10-25)15-19(18)24-22(26)14-16-5-8-20-21(13-16)30-12-11-29-20/h5-8,13,15H,1-4,9-12,14H2,(H,24,26). The van der Waals surface area contributed by atoms with Crippen molar-refractivity contribution in [2.75, 3.05) is 31.6 Å². The van der Waals surface area contributed by atoms with Gasteiger partial charge in [0.1, 0.15) is 13.2 Å². The van der Waals surface area contributed by atoms with Crippen molar-refractivity contribution in [1.29, 1.82) is 0 Å². The molecule has 1 saturated heterocycles. The summed E-state index contributed by atoms with van der Waals surface area (Å²) in [5.74, 6) is 0.966. The lowest BCUT2D eigenvalue weighted by atomic mass is 10.1. The molecule has 31 heavy (non-hydrogen) atoms. The number of amides is 1. The van der Waals surface area contributed by atoms with Gasteiger partial charge in [0.2, 0.25) is 15.9 Å². The van der Waals surface area contributed by atoms with Crippen LogP contribution >= 0.6 is 11.6 Å². The Bertz CT molecular complexity index is 1070. The fourth-order valence-electron chi connectivity index (χ4n) is 3.77. The lowest BCUT2D eigenvalue weighted by Crippen LogP contribution is -2.32. The van der Waals surface area contributed by atoms with E-state index in [1.54, 1.807) is 18.2 Å². The van der Waals surface area contributed by atoms with Gasteiger partial charge in [0.05, 0.1) is 22.0 Å². The van der Waals surface area contributed by atoms with Crippen molar-refractivity contribution in [3.63, 3.8) is 0 Å². The minimum Gasteiger partial charge on any atom is -0.486 e. The predicted molar refractivity (Wildman–Crippen MR) is 118 cm³/mol. The Kier molecular flexibility index (Phi) is 6.69. The van der Waals surface area contributed by atoms with Crippen molar-refractivity contribution in [2.24, 2.45) is 0 Å². The van der Waals surface area contributed by atoms with Crippen LogP contribution in [0.4, 0.5) is 5.69 Å². The van der Waals surface area contributed by atoms with E-state index in [-0.39, 0.29) is 27.9 Å². The molecule has 0 aromatic heterocycles. The lowest BCUT2D eigenvalue weighted by Gasteiger charge is -2.20. The second-order valence-corrected chi connectivity index (χ2v) is 10.0. The Morgan fingerprint density at radius 1 is 0.968 bits per heavy atom. The van der Waals surface area contributed by atoms with Gasteiger partial charge in [-0.25, -0.2) is 8.42 Å². The van der Waals surface area contributed by atoms with E-state index in [9.17, 15) is 13.2 Å². The highest BCUT2D eigenvalue weighted by Gasteiger charge is 2.26. The van der Waals surface area contributed by atoms with Crippen LogP contribution in [0.15, 0.2) is 41.3 Å². The zero-order valence-electron chi connectivity index (χ0n) is 17.1. The monoisotopic (exact) mass is 464 g/mol. The first-order chi connectivity index (χ1) is 14.9. The molecule has 2 aliphatic rings. The topological polar surface area (TPSA) is 84.9 Å². The summed E-state index contributed by atoms with van der Waals surface area (Å²) in [5, 5.41) is 3.02. The zero-order valence-corrected chi connectivity index (χ0v) is 18.7. The molecule has 0 unspecified atom stereocenters. The van der Waals surface area contributed by atoms with Gasteiger partial charge in [0.25, 0.3) is 0 Å². The number of hydrogen-bond donors (Lipinski definition) is 1. The van der Waals surface area contributed by atoms with Crippen LogP contribution in [0.25, 0.3) is 0 Å². The van der Waals surface area contributed by atoms with Gasteiger partial charge in [-0.2, -0.15) is 4.31 Å². The summed E-state index contributed by atoms with van der Waals surface area (Å²) in [4.78, 5) is 12.7. The third kappa shape index (κ3) is 5.14. The van der Waals surface area contributed by atoms with E-state index in [2.05, 4.69) is 5.32 Å². The highest BCUT2D eigenvalue weighted by Crippen LogP contribution is 2.31. The molecule has 4 rings (SSSR count). The van der Waals surface area contributed by atoms with Gasteiger partial charge in [-0.15, -0.1) is 0 Å². The molecule has 1 N–H and O–H groups in total. The molecule has 0 saturated carbocycles. The Morgan fingerprint density at radius 3 is 2.42 bits per heavy atom. The number of anilines is 1. The SMILES string of the molecule is O=C(Cc1ccc2c(c1)OCCO2)Nc1cc(S(=O)(=O)N2CCCCCC2)ccc1Cl. The number of ether oxygens (including phenoxy) is 2. The van der Waals surface area contributed by atoms with E-state index < -0.39 is 10.0 Å². The average Bonchev–Trinajstić information content (AvgIpc) is 3.05. The average molecular weight is 465 g/mol. The van der Waals surface area contributed by atoms with E-state index >= 15 is 0 Å². The maximum atomic E-state index is 13.1. The first kappa shape index (κ1) is 21.9. The maximum Gasteiger partial charge on any atom is 0.243 e. The Balaban J connectivity index is 1.49. The molecular formula is C22H25ClN2O5S. The van der Waals surface area contributed by atoms with Gasteiger partial charge in [-0.1, -0.05) is 30.5 Å². The van der Waals surface area contributed by atoms with Crippen molar-refractivity contribution in [3.05, 3.63) is 47.0 Å². The van der Waals surface area contributed by atoms with Crippen molar-refractivity contribution < 1.29 is 22.7 Å². The quantitative estimate of drug-likeness (QED) is 0.726. The third-order valence-electron chi connectivity index (χ3n) is 5.39. The van der Waals surface area contributed by atoms with Crippen LogP contribution in [-0.2, 0) is 21.2 Å². The molecule has 166 valence electrons. The number of nitrogens with one attached hydrogen (secondary N) is 1. The largest absolute Gasteiger partial charge is 0.486 e. The number of sulfonamides is 1. The maximum absolute atomic E-state index is 13.1. The molecule has 1 fully saturated rings. The van der Waals surface area contributed by atoms with Gasteiger partial charge in [-0.05, 0) is 48.7 Å². The van der Waals surface area contributed by atoms with Crippen LogP contribution in [0.2, 0.25) is 5.02 Å². The van der Waals surface area contributed by atoms with Crippen LogP contribution in [0, 0.1) is 0 Å². The summed E-state index contributed by atoms with van der Waals surface area (Å²) in [5.41, 5.74) is 1.03. The first-order valence-electron chi connectivity index (χ1n) is 10.4. The molecule has 7 nitrogen and oxygen atoms in total. The van der Waals surface area contributed by atoms with Gasteiger partial charge in [0, 0.05) is 13.1 Å². The van der Waals surface area contributed by atoms with E-state index in [0.717, 1.165) is 31.2 Å². The molecule has 9 heteroatoms. The normalized spacial score (nSPS) is 17.1. The Hall–Kier alpha value is -2.29. The number of nitrogens with zero attached hydrogens (tertiary/aromatic N) is 1. The molecule has 1 amide bonds. The molecule has 0 atom stereocenters. The minimum atomic E-state index is -3.64. The van der Waals surface area contributed by atoms with E-state index in [1.165, 1.54) is 22.5 Å². The molecule has 0 spiro atoms. The van der Waals surface area contributed by atoms with E-state index in [1.807, 2.05) is 0 Å². The van der Waals surface area contributed by atoms with Gasteiger partial charge in [-0.3, -0.25) is 4.79 Å². The number of benzene rings is 2. The van der Waals surface area contributed by atoms with Crippen molar-refractivity contribution in [1.82, 2.24) is 4.31 Å². The Labute approximate surface area is 187 Å². The second kappa shape index (κ2) is 9.46. The number of fused-ring (bicyclic) bond motifs is 1. The van der Waals surface area contributed by atoms with E-state index in [4.69, 9.17) is 21.1 Å². The van der Waals surface area contributed by atoms with Crippen LogP contribution in [0.5, 0.6) is 11.5 Å². The molecule has 0 radical (unpaired) electrons. The van der Waals surface area contributed by atoms with Crippen molar-refractivity contribution >= 4 is 33.2 Å². The summed E-state index contributed by atoms with van der Waals surface area (Å²) in [7, 11) is -3.64.